The van der Waals surface area contributed by atoms with Gasteiger partial charge in [-0.15, -0.1) is 0 Å². The molecule has 5 heteroatoms. The molecule has 1 aliphatic rings. The molecule has 5 rings (SSSR count). The van der Waals surface area contributed by atoms with Crippen molar-refractivity contribution >= 4 is 16.6 Å². The van der Waals surface area contributed by atoms with Gasteiger partial charge in [0.2, 0.25) is 0 Å². The first-order valence-electron chi connectivity index (χ1n) is 11.3. The van der Waals surface area contributed by atoms with Crippen LogP contribution in [0.4, 0.5) is 5.82 Å². The van der Waals surface area contributed by atoms with Crippen molar-refractivity contribution in [3.05, 3.63) is 78.5 Å². The number of aromatic nitrogens is 2. The molecule has 1 fully saturated rings. The summed E-state index contributed by atoms with van der Waals surface area (Å²) in [5, 5.41) is 21.3. The van der Waals surface area contributed by atoms with Gasteiger partial charge in [-0.2, -0.15) is 10.5 Å². The Balaban J connectivity index is 1.84. The second-order valence-electron chi connectivity index (χ2n) is 8.29. The third kappa shape index (κ3) is 4.02. The average Bonchev–Trinajstić information content (AvgIpc) is 2.90. The van der Waals surface area contributed by atoms with Crippen molar-refractivity contribution in [2.24, 2.45) is 0 Å². The maximum absolute atomic E-state index is 9.79. The number of fused-ring (bicyclic) bond motifs is 1. The lowest BCUT2D eigenvalue weighted by Gasteiger charge is -2.30. The molecule has 5 nitrogen and oxygen atoms in total. The molecule has 0 unspecified atom stereocenters. The highest BCUT2D eigenvalue weighted by Gasteiger charge is 2.24. The lowest BCUT2D eigenvalue weighted by Crippen LogP contribution is -2.30. The Labute approximate surface area is 193 Å². The molecule has 0 radical (unpaired) electrons. The average molecular weight is 430 g/mol. The lowest BCUT2D eigenvalue weighted by molar-refractivity contribution is 0.575. The molecule has 2 aromatic carbocycles. The van der Waals surface area contributed by atoms with Crippen LogP contribution in [0.3, 0.4) is 0 Å². The van der Waals surface area contributed by atoms with E-state index in [4.69, 9.17) is 9.97 Å². The van der Waals surface area contributed by atoms with Gasteiger partial charge < -0.3 is 4.90 Å². The Bertz CT molecular complexity index is 1340. The van der Waals surface area contributed by atoms with E-state index in [1.807, 2.05) is 48.5 Å². The number of hydrogen-bond donors (Lipinski definition) is 0. The number of nitriles is 2. The Hall–Kier alpha value is -4.22. The van der Waals surface area contributed by atoms with Crippen LogP contribution in [0.5, 0.6) is 0 Å². The van der Waals surface area contributed by atoms with E-state index < -0.39 is 5.92 Å². The van der Waals surface area contributed by atoms with Crippen molar-refractivity contribution < 1.29 is 0 Å². The number of nitrogens with zero attached hydrogens (tertiary/aromatic N) is 5. The molecule has 3 heterocycles. The molecule has 33 heavy (non-hydrogen) atoms. The quantitative estimate of drug-likeness (QED) is 0.393. The van der Waals surface area contributed by atoms with Gasteiger partial charge >= 0.3 is 0 Å². The maximum atomic E-state index is 9.79. The Morgan fingerprint density at radius 3 is 1.82 bits per heavy atom. The first kappa shape index (κ1) is 20.7. The van der Waals surface area contributed by atoms with Crippen molar-refractivity contribution in [1.29, 1.82) is 10.5 Å². The number of anilines is 1. The van der Waals surface area contributed by atoms with Crippen molar-refractivity contribution in [2.75, 3.05) is 18.0 Å². The van der Waals surface area contributed by atoms with E-state index in [1.165, 1.54) is 6.42 Å². The summed E-state index contributed by atoms with van der Waals surface area (Å²) in [6.45, 7) is 1.81. The van der Waals surface area contributed by atoms with E-state index in [1.54, 1.807) is 0 Å². The predicted octanol–water partition coefficient (Wildman–Crippen LogP) is 6.08. The molecule has 0 atom stereocenters. The smallest absolute Gasteiger partial charge is 0.175 e. The molecule has 0 N–H and O–H groups in total. The van der Waals surface area contributed by atoms with E-state index in [-0.39, 0.29) is 0 Å². The molecule has 0 aliphatic carbocycles. The molecule has 1 saturated heterocycles. The largest absolute Gasteiger partial charge is 0.356 e. The molecular weight excluding hydrogens is 406 g/mol. The number of rotatable bonds is 4. The number of benzene rings is 2. The molecule has 0 spiro atoms. The summed E-state index contributed by atoms with van der Waals surface area (Å²) >= 11 is 0. The van der Waals surface area contributed by atoms with Crippen LogP contribution in [0.1, 0.15) is 30.9 Å². The van der Waals surface area contributed by atoms with Gasteiger partial charge in [-0.1, -0.05) is 60.7 Å². The molecule has 1 aliphatic heterocycles. The molecule has 160 valence electrons. The van der Waals surface area contributed by atoms with Gasteiger partial charge in [0.25, 0.3) is 0 Å². The molecule has 0 amide bonds. The van der Waals surface area contributed by atoms with Gasteiger partial charge in [0, 0.05) is 29.6 Å². The van der Waals surface area contributed by atoms with Crippen LogP contribution in [-0.4, -0.2) is 23.1 Å². The topological polar surface area (TPSA) is 76.6 Å². The van der Waals surface area contributed by atoms with Crippen LogP contribution in [0.2, 0.25) is 0 Å². The van der Waals surface area contributed by atoms with Crippen molar-refractivity contribution in [3.8, 4) is 34.7 Å². The fourth-order valence-corrected chi connectivity index (χ4v) is 4.50. The van der Waals surface area contributed by atoms with Gasteiger partial charge in [-0.05, 0) is 36.8 Å². The molecule has 4 aromatic rings. The highest BCUT2D eigenvalue weighted by atomic mass is 15.2. The highest BCUT2D eigenvalue weighted by molar-refractivity contribution is 5.99. The zero-order valence-electron chi connectivity index (χ0n) is 18.3. The van der Waals surface area contributed by atoms with Crippen LogP contribution in [-0.2, 0) is 0 Å². The minimum absolute atomic E-state index is 0.490. The van der Waals surface area contributed by atoms with Crippen LogP contribution in [0.25, 0.3) is 33.3 Å². The standard InChI is InChI=1S/C28H23N5/c29-18-23(19-30)27-26-22(16-24(31-27)20-10-4-1-5-11-20)17-25(21-12-6-2-7-13-21)32-28(26)33-14-8-3-9-15-33/h1-2,4-7,10-13,16-17,23H,3,8-9,14-15H2. The van der Waals surface area contributed by atoms with Gasteiger partial charge in [-0.3, -0.25) is 0 Å². The van der Waals surface area contributed by atoms with Crippen molar-refractivity contribution in [2.45, 2.75) is 25.2 Å². The lowest BCUT2D eigenvalue weighted by atomic mass is 9.97. The third-order valence-corrected chi connectivity index (χ3v) is 6.15. The first-order chi connectivity index (χ1) is 16.3. The van der Waals surface area contributed by atoms with Crippen molar-refractivity contribution in [3.63, 3.8) is 0 Å². The number of pyridine rings is 2. The van der Waals surface area contributed by atoms with E-state index >= 15 is 0 Å². The Morgan fingerprint density at radius 2 is 1.27 bits per heavy atom. The Morgan fingerprint density at radius 1 is 0.727 bits per heavy atom. The number of hydrogen-bond acceptors (Lipinski definition) is 5. The summed E-state index contributed by atoms with van der Waals surface area (Å²) in [6.07, 6.45) is 3.40. The van der Waals surface area contributed by atoms with Gasteiger partial charge in [0.05, 0.1) is 29.2 Å². The van der Waals surface area contributed by atoms with E-state index in [2.05, 4.69) is 41.3 Å². The summed E-state index contributed by atoms with van der Waals surface area (Å²) in [4.78, 5) is 12.2. The minimum Gasteiger partial charge on any atom is -0.356 e. The minimum atomic E-state index is -0.968. The monoisotopic (exact) mass is 429 g/mol. The van der Waals surface area contributed by atoms with Gasteiger partial charge in [0.15, 0.2) is 5.92 Å². The van der Waals surface area contributed by atoms with Crippen LogP contribution >= 0.6 is 0 Å². The van der Waals surface area contributed by atoms with E-state index in [0.29, 0.717) is 5.69 Å². The third-order valence-electron chi connectivity index (χ3n) is 6.15. The predicted molar refractivity (Wildman–Crippen MR) is 130 cm³/mol. The fourth-order valence-electron chi connectivity index (χ4n) is 4.50. The second kappa shape index (κ2) is 9.10. The fraction of sp³-hybridized carbons (Fsp3) is 0.214. The summed E-state index contributed by atoms with van der Waals surface area (Å²) in [6, 6.07) is 28.4. The SMILES string of the molecule is N#CC(C#N)c1nc(-c2ccccc2)cc2cc(-c3ccccc3)nc(N3CCCCC3)c12. The van der Waals surface area contributed by atoms with Crippen LogP contribution in [0.15, 0.2) is 72.8 Å². The maximum Gasteiger partial charge on any atom is 0.175 e. The summed E-state index contributed by atoms with van der Waals surface area (Å²) in [5.41, 5.74) is 4.11. The van der Waals surface area contributed by atoms with Crippen LogP contribution in [0, 0.1) is 22.7 Å². The second-order valence-corrected chi connectivity index (χ2v) is 8.29. The summed E-state index contributed by atoms with van der Waals surface area (Å²) in [5.74, 6) is -0.146. The van der Waals surface area contributed by atoms with Gasteiger partial charge in [-0.25, -0.2) is 9.97 Å². The molecular formula is C28H23N5. The molecule has 2 aromatic heterocycles. The Kier molecular flexibility index (Phi) is 5.70. The van der Waals surface area contributed by atoms with Crippen molar-refractivity contribution in [1.82, 2.24) is 9.97 Å². The normalized spacial score (nSPS) is 13.6. The van der Waals surface area contributed by atoms with Gasteiger partial charge in [0.1, 0.15) is 5.82 Å². The molecule has 0 saturated carbocycles. The van der Waals surface area contributed by atoms with E-state index in [0.717, 1.165) is 65.0 Å². The van der Waals surface area contributed by atoms with E-state index in [9.17, 15) is 10.5 Å². The highest BCUT2D eigenvalue weighted by Crippen LogP contribution is 2.37. The summed E-state index contributed by atoms with van der Waals surface area (Å²) in [7, 11) is 0. The number of piperidine rings is 1. The summed E-state index contributed by atoms with van der Waals surface area (Å²) < 4.78 is 0. The van der Waals surface area contributed by atoms with Crippen LogP contribution < -0.4 is 4.90 Å². The zero-order valence-corrected chi connectivity index (χ0v) is 18.3. The molecule has 0 bridgehead atoms. The first-order valence-corrected chi connectivity index (χ1v) is 11.3. The zero-order chi connectivity index (χ0) is 22.6.